The smallest absolute Gasteiger partial charge is 0.254 e. The Morgan fingerprint density at radius 1 is 1.30 bits per heavy atom. The van der Waals surface area contributed by atoms with Crippen LogP contribution in [-0.4, -0.2) is 29.1 Å². The maximum Gasteiger partial charge on any atom is 0.254 e. The third kappa shape index (κ3) is 3.38. The van der Waals surface area contributed by atoms with Crippen molar-refractivity contribution < 1.29 is 23.1 Å². The van der Waals surface area contributed by atoms with Crippen LogP contribution in [0, 0.1) is 11.6 Å². The summed E-state index contributed by atoms with van der Waals surface area (Å²) in [5, 5.41) is 12.2. The fourth-order valence-corrected chi connectivity index (χ4v) is 3.68. The van der Waals surface area contributed by atoms with E-state index in [1.807, 2.05) is 0 Å². The fraction of sp³-hybridized carbons (Fsp3) is 0.190. The van der Waals surface area contributed by atoms with Crippen LogP contribution in [0.2, 0.25) is 0 Å². The zero-order valence-corrected chi connectivity index (χ0v) is 16.2. The monoisotopic (exact) mass is 412 g/mol. The molecule has 0 spiro atoms. The van der Waals surface area contributed by atoms with Gasteiger partial charge in [-0.25, -0.2) is 8.78 Å². The number of fused-ring (bicyclic) bond motifs is 1. The molecule has 2 heterocycles. The first-order chi connectivity index (χ1) is 14.4. The lowest BCUT2D eigenvalue weighted by atomic mass is 9.83. The van der Waals surface area contributed by atoms with E-state index in [-0.39, 0.29) is 40.6 Å². The molecule has 9 heteroatoms. The van der Waals surface area contributed by atoms with Gasteiger partial charge >= 0.3 is 0 Å². The Labute approximate surface area is 170 Å². The third-order valence-corrected chi connectivity index (χ3v) is 5.08. The number of methoxy groups -OCH3 is 1. The second-order valence-corrected chi connectivity index (χ2v) is 6.95. The van der Waals surface area contributed by atoms with Crippen LogP contribution in [0.4, 0.5) is 14.5 Å². The molecule has 1 aromatic heterocycles. The van der Waals surface area contributed by atoms with E-state index >= 15 is 0 Å². The summed E-state index contributed by atoms with van der Waals surface area (Å²) in [5.41, 5.74) is 1.02. The number of carbonyl (C=O) groups is 2. The summed E-state index contributed by atoms with van der Waals surface area (Å²) in [4.78, 5) is 25.2. The molecule has 3 N–H and O–H groups in total. The van der Waals surface area contributed by atoms with Gasteiger partial charge in [0.15, 0.2) is 11.6 Å². The highest BCUT2D eigenvalue weighted by Gasteiger charge is 2.34. The van der Waals surface area contributed by atoms with Crippen molar-refractivity contribution in [3.05, 3.63) is 65.0 Å². The maximum absolute atomic E-state index is 14.9. The highest BCUT2D eigenvalue weighted by Crippen LogP contribution is 2.37. The Balaban J connectivity index is 1.73. The number of ether oxygens (including phenoxy) is 1. The molecule has 154 valence electrons. The Hall–Kier alpha value is -3.75. The first kappa shape index (κ1) is 19.6. The number of aromatic amines is 1. The van der Waals surface area contributed by atoms with Gasteiger partial charge in [0.2, 0.25) is 5.91 Å². The van der Waals surface area contributed by atoms with Crippen molar-refractivity contribution in [2.45, 2.75) is 19.3 Å². The number of carbonyl (C=O) groups excluding carboxylic acids is 2. The lowest BCUT2D eigenvalue weighted by Gasteiger charge is -2.27. The van der Waals surface area contributed by atoms with E-state index in [1.165, 1.54) is 37.6 Å². The largest absolute Gasteiger partial charge is 0.494 e. The van der Waals surface area contributed by atoms with Crippen molar-refractivity contribution in [2.24, 2.45) is 0 Å². The van der Waals surface area contributed by atoms with Crippen molar-refractivity contribution >= 4 is 28.4 Å². The van der Waals surface area contributed by atoms with E-state index in [1.54, 1.807) is 13.0 Å². The van der Waals surface area contributed by atoms with Crippen LogP contribution in [-0.2, 0) is 9.59 Å². The van der Waals surface area contributed by atoms with Crippen LogP contribution in [0.15, 0.2) is 47.8 Å². The number of benzene rings is 2. The Bertz CT molecular complexity index is 1200. The molecule has 1 atom stereocenters. The first-order valence-electron chi connectivity index (χ1n) is 9.16. The van der Waals surface area contributed by atoms with E-state index in [4.69, 9.17) is 4.74 Å². The van der Waals surface area contributed by atoms with E-state index in [9.17, 15) is 18.4 Å². The number of hydrogen-bond donors (Lipinski definition) is 3. The molecule has 2 aromatic carbocycles. The predicted octanol–water partition coefficient (Wildman–Crippen LogP) is 3.37. The quantitative estimate of drug-likeness (QED) is 0.612. The zero-order valence-electron chi connectivity index (χ0n) is 16.2. The van der Waals surface area contributed by atoms with Gasteiger partial charge in [-0.05, 0) is 24.6 Å². The first-order valence-corrected chi connectivity index (χ1v) is 9.16. The van der Waals surface area contributed by atoms with Gasteiger partial charge < -0.3 is 15.4 Å². The lowest BCUT2D eigenvalue weighted by molar-refractivity contribution is -0.121. The van der Waals surface area contributed by atoms with E-state index in [0.29, 0.717) is 10.9 Å². The molecule has 4 rings (SSSR count). The molecule has 1 aliphatic heterocycles. The average Bonchev–Trinajstić information content (AvgIpc) is 3.14. The van der Waals surface area contributed by atoms with Crippen LogP contribution in [0.25, 0.3) is 10.9 Å². The van der Waals surface area contributed by atoms with Crippen LogP contribution < -0.4 is 15.4 Å². The number of aromatic nitrogens is 2. The summed E-state index contributed by atoms with van der Waals surface area (Å²) in [6, 6.07) is 7.21. The Morgan fingerprint density at radius 3 is 2.87 bits per heavy atom. The number of amides is 2. The topological polar surface area (TPSA) is 96.1 Å². The number of halogens is 2. The number of anilines is 1. The summed E-state index contributed by atoms with van der Waals surface area (Å²) >= 11 is 0. The number of allylic oxidation sites excluding steroid dienone is 1. The van der Waals surface area contributed by atoms with Gasteiger partial charge in [0.25, 0.3) is 5.91 Å². The van der Waals surface area contributed by atoms with E-state index in [2.05, 4.69) is 20.8 Å². The molecule has 0 aliphatic carbocycles. The molecule has 3 aromatic rings. The average molecular weight is 412 g/mol. The summed E-state index contributed by atoms with van der Waals surface area (Å²) in [6.45, 7) is 1.55. The second-order valence-electron chi connectivity index (χ2n) is 6.95. The third-order valence-electron chi connectivity index (χ3n) is 5.08. The number of nitrogens with zero attached hydrogens (tertiary/aromatic N) is 1. The SMILES string of the molecule is COc1cccc(C2CC(=O)NC(C)=C2C(=O)Nc2cc3cn[nH]c3cc2F)c1F. The Kier molecular flexibility index (Phi) is 4.94. The molecule has 0 saturated heterocycles. The van der Waals surface area contributed by atoms with Crippen LogP contribution in [0.5, 0.6) is 5.75 Å². The fourth-order valence-electron chi connectivity index (χ4n) is 3.68. The van der Waals surface area contributed by atoms with Gasteiger partial charge in [-0.1, -0.05) is 12.1 Å². The van der Waals surface area contributed by atoms with Gasteiger partial charge in [0, 0.05) is 35.1 Å². The lowest BCUT2D eigenvalue weighted by Crippen LogP contribution is -2.35. The highest BCUT2D eigenvalue weighted by atomic mass is 19.1. The van der Waals surface area contributed by atoms with Crippen LogP contribution >= 0.6 is 0 Å². The molecule has 30 heavy (non-hydrogen) atoms. The molecule has 0 radical (unpaired) electrons. The molecule has 0 bridgehead atoms. The van der Waals surface area contributed by atoms with Gasteiger partial charge in [0.1, 0.15) is 5.82 Å². The molecule has 1 unspecified atom stereocenters. The second kappa shape index (κ2) is 7.58. The molecule has 2 amide bonds. The molecular formula is C21H18F2N4O3. The number of hydrogen-bond acceptors (Lipinski definition) is 4. The van der Waals surface area contributed by atoms with Gasteiger partial charge in [-0.2, -0.15) is 5.10 Å². The summed E-state index contributed by atoms with van der Waals surface area (Å²) in [5.74, 6) is -3.13. The number of nitrogens with one attached hydrogen (secondary N) is 3. The summed E-state index contributed by atoms with van der Waals surface area (Å²) in [7, 11) is 1.33. The predicted molar refractivity (Wildman–Crippen MR) is 106 cm³/mol. The van der Waals surface area contributed by atoms with Gasteiger partial charge in [-0.15, -0.1) is 0 Å². The van der Waals surface area contributed by atoms with E-state index < -0.39 is 23.5 Å². The molecule has 1 aliphatic rings. The van der Waals surface area contributed by atoms with Crippen molar-refractivity contribution in [2.75, 3.05) is 12.4 Å². The minimum Gasteiger partial charge on any atom is -0.494 e. The minimum atomic E-state index is -0.852. The van der Waals surface area contributed by atoms with Crippen molar-refractivity contribution in [3.8, 4) is 5.75 Å². The van der Waals surface area contributed by atoms with Crippen LogP contribution in [0.3, 0.4) is 0 Å². The Morgan fingerprint density at radius 2 is 2.10 bits per heavy atom. The van der Waals surface area contributed by atoms with Crippen molar-refractivity contribution in [3.63, 3.8) is 0 Å². The highest BCUT2D eigenvalue weighted by molar-refractivity contribution is 6.07. The molecule has 0 saturated carbocycles. The molecular weight excluding hydrogens is 394 g/mol. The summed E-state index contributed by atoms with van der Waals surface area (Å²) in [6.07, 6.45) is 1.37. The maximum atomic E-state index is 14.9. The van der Waals surface area contributed by atoms with Crippen LogP contribution in [0.1, 0.15) is 24.8 Å². The zero-order chi connectivity index (χ0) is 21.4. The molecule has 0 fully saturated rings. The number of rotatable bonds is 4. The normalized spacial score (nSPS) is 16.5. The summed E-state index contributed by atoms with van der Waals surface area (Å²) < 4.78 is 34.4. The minimum absolute atomic E-state index is 0.00680. The standard InChI is InChI=1S/C21H18F2N4O3/c1-10-19(21(29)26-16-6-11-9-24-27-15(11)8-14(16)22)13(7-18(28)25-10)12-4-3-5-17(30-2)20(12)23/h3-6,8-9,13H,7H2,1-2H3,(H,24,27)(H,25,28)(H,26,29). The van der Waals surface area contributed by atoms with Gasteiger partial charge in [-0.3, -0.25) is 14.7 Å². The van der Waals surface area contributed by atoms with E-state index in [0.717, 1.165) is 0 Å². The number of H-pyrrole nitrogens is 1. The van der Waals surface area contributed by atoms with Crippen molar-refractivity contribution in [1.29, 1.82) is 0 Å². The van der Waals surface area contributed by atoms with Gasteiger partial charge in [0.05, 0.1) is 24.5 Å². The van der Waals surface area contributed by atoms with Crippen molar-refractivity contribution in [1.82, 2.24) is 15.5 Å². The molecule has 7 nitrogen and oxygen atoms in total.